The van der Waals surface area contributed by atoms with Gasteiger partial charge >= 0.3 is 0 Å². The van der Waals surface area contributed by atoms with Gasteiger partial charge in [0.2, 0.25) is 5.91 Å². The van der Waals surface area contributed by atoms with Gasteiger partial charge in [-0.2, -0.15) is 0 Å². The number of nitrogens with one attached hydrogen (secondary N) is 2. The molecule has 6 heteroatoms. The van der Waals surface area contributed by atoms with Crippen molar-refractivity contribution < 1.29 is 14.3 Å². The number of rotatable bonds is 4. The highest BCUT2D eigenvalue weighted by molar-refractivity contribution is 5.94. The quantitative estimate of drug-likeness (QED) is 0.849. The Hall–Kier alpha value is -1.92. The van der Waals surface area contributed by atoms with Crippen molar-refractivity contribution in [2.45, 2.75) is 50.4 Å². The van der Waals surface area contributed by atoms with E-state index in [1.807, 2.05) is 35.2 Å². The van der Waals surface area contributed by atoms with E-state index >= 15 is 0 Å². The number of amides is 2. The smallest absolute Gasteiger partial charge is 0.253 e. The Labute approximate surface area is 154 Å². The molecule has 1 aromatic carbocycles. The van der Waals surface area contributed by atoms with Crippen LogP contribution in [0.5, 0.6) is 0 Å². The van der Waals surface area contributed by atoms with Crippen LogP contribution in [0.15, 0.2) is 30.3 Å². The van der Waals surface area contributed by atoms with Gasteiger partial charge in [0.15, 0.2) is 0 Å². The van der Waals surface area contributed by atoms with Crippen LogP contribution in [0.1, 0.15) is 36.5 Å². The van der Waals surface area contributed by atoms with E-state index in [0.29, 0.717) is 12.0 Å². The third-order valence-corrected chi connectivity index (χ3v) is 5.99. The first-order valence-electron chi connectivity index (χ1n) is 9.62. The number of piperidine rings is 1. The number of fused-ring (bicyclic) bond motifs is 1. The van der Waals surface area contributed by atoms with E-state index in [-0.39, 0.29) is 30.0 Å². The highest BCUT2D eigenvalue weighted by Crippen LogP contribution is 2.39. The third-order valence-electron chi connectivity index (χ3n) is 5.99. The topological polar surface area (TPSA) is 70.7 Å². The zero-order valence-corrected chi connectivity index (χ0v) is 15.2. The van der Waals surface area contributed by atoms with Crippen molar-refractivity contribution in [1.82, 2.24) is 15.5 Å². The van der Waals surface area contributed by atoms with E-state index in [0.717, 1.165) is 44.5 Å². The van der Waals surface area contributed by atoms with Crippen molar-refractivity contribution in [2.24, 2.45) is 5.92 Å². The fraction of sp³-hybridized carbons (Fsp3) is 0.600. The lowest BCUT2D eigenvalue weighted by Gasteiger charge is -2.50. The Morgan fingerprint density at radius 2 is 1.81 bits per heavy atom. The second kappa shape index (κ2) is 7.37. The Morgan fingerprint density at radius 1 is 1.08 bits per heavy atom. The minimum Gasteiger partial charge on any atom is -0.376 e. The number of hydrogen-bond donors (Lipinski definition) is 2. The van der Waals surface area contributed by atoms with E-state index in [1.54, 1.807) is 6.92 Å². The molecule has 2 heterocycles. The van der Waals surface area contributed by atoms with Gasteiger partial charge in [-0.3, -0.25) is 9.59 Å². The lowest BCUT2D eigenvalue weighted by molar-refractivity contribution is -0.124. The van der Waals surface area contributed by atoms with Crippen molar-refractivity contribution in [3.63, 3.8) is 0 Å². The molecule has 4 rings (SSSR count). The predicted molar refractivity (Wildman–Crippen MR) is 97.7 cm³/mol. The van der Waals surface area contributed by atoms with Gasteiger partial charge in [0.1, 0.15) is 0 Å². The molecule has 3 aliphatic rings. The fourth-order valence-corrected chi connectivity index (χ4v) is 4.63. The summed E-state index contributed by atoms with van der Waals surface area (Å²) in [5.74, 6) is 0.614. The van der Waals surface area contributed by atoms with Crippen molar-refractivity contribution >= 4 is 11.8 Å². The molecule has 0 spiro atoms. The number of hydrogen-bond acceptors (Lipinski definition) is 4. The first-order valence-corrected chi connectivity index (χ1v) is 9.62. The van der Waals surface area contributed by atoms with Crippen LogP contribution < -0.4 is 10.6 Å². The number of ether oxygens (including phenoxy) is 1. The van der Waals surface area contributed by atoms with Gasteiger partial charge in [0, 0.05) is 50.2 Å². The van der Waals surface area contributed by atoms with Crippen molar-refractivity contribution in [2.75, 3.05) is 19.7 Å². The van der Waals surface area contributed by atoms with Gasteiger partial charge in [0.25, 0.3) is 5.91 Å². The normalized spacial score (nSPS) is 31.2. The van der Waals surface area contributed by atoms with Crippen molar-refractivity contribution in [3.05, 3.63) is 35.9 Å². The Morgan fingerprint density at radius 3 is 2.50 bits per heavy atom. The summed E-state index contributed by atoms with van der Waals surface area (Å²) < 4.78 is 5.77. The van der Waals surface area contributed by atoms with Gasteiger partial charge < -0.3 is 20.3 Å². The van der Waals surface area contributed by atoms with Crippen molar-refractivity contribution in [1.29, 1.82) is 0 Å². The molecule has 2 N–H and O–H groups in total. The summed E-state index contributed by atoms with van der Waals surface area (Å²) in [6.07, 6.45) is 3.11. The van der Waals surface area contributed by atoms with E-state index < -0.39 is 0 Å². The summed E-state index contributed by atoms with van der Waals surface area (Å²) in [5, 5.41) is 6.80. The van der Waals surface area contributed by atoms with Crippen LogP contribution in [-0.4, -0.2) is 60.6 Å². The van der Waals surface area contributed by atoms with Gasteiger partial charge in [-0.25, -0.2) is 0 Å². The maximum absolute atomic E-state index is 12.6. The first kappa shape index (κ1) is 17.5. The van der Waals surface area contributed by atoms with Crippen LogP contribution in [0.4, 0.5) is 0 Å². The summed E-state index contributed by atoms with van der Waals surface area (Å²) >= 11 is 0. The second-order valence-corrected chi connectivity index (χ2v) is 7.64. The summed E-state index contributed by atoms with van der Waals surface area (Å²) in [5.41, 5.74) is 0.759. The SMILES string of the molecule is CC(=O)N[C@@H]1[C@@H](NC2CCN(C(=O)c3ccccc3)CC2)[C@H]2CCO[C@H]21. The van der Waals surface area contributed by atoms with Gasteiger partial charge in [-0.05, 0) is 31.4 Å². The molecule has 1 saturated carbocycles. The van der Waals surface area contributed by atoms with Crippen LogP contribution in [-0.2, 0) is 9.53 Å². The molecular weight excluding hydrogens is 330 g/mol. The van der Waals surface area contributed by atoms with E-state index in [2.05, 4.69) is 10.6 Å². The molecule has 1 aromatic rings. The molecule has 6 nitrogen and oxygen atoms in total. The molecule has 1 aliphatic carbocycles. The monoisotopic (exact) mass is 357 g/mol. The third kappa shape index (κ3) is 3.35. The molecule has 2 aliphatic heterocycles. The molecule has 140 valence electrons. The van der Waals surface area contributed by atoms with Crippen LogP contribution in [0.25, 0.3) is 0 Å². The molecule has 0 aromatic heterocycles. The van der Waals surface area contributed by atoms with Crippen LogP contribution >= 0.6 is 0 Å². The number of benzene rings is 1. The van der Waals surface area contributed by atoms with Crippen LogP contribution in [0.3, 0.4) is 0 Å². The molecule has 3 fully saturated rings. The molecule has 0 bridgehead atoms. The molecule has 2 saturated heterocycles. The largest absolute Gasteiger partial charge is 0.376 e. The highest BCUT2D eigenvalue weighted by Gasteiger charge is 2.54. The lowest BCUT2D eigenvalue weighted by Crippen LogP contribution is -2.71. The molecule has 0 radical (unpaired) electrons. The summed E-state index contributed by atoms with van der Waals surface area (Å²) in [6.45, 7) is 3.89. The summed E-state index contributed by atoms with van der Waals surface area (Å²) in [6, 6.07) is 10.2. The standard InChI is InChI=1S/C20H27N3O3/c1-13(24)21-18-17(16-9-12-26-19(16)18)22-15-7-10-23(11-8-15)20(25)14-5-3-2-4-6-14/h2-6,15-19,22H,7-12H2,1H3,(H,21,24)/t16-,17+,18-,19-/m1/s1. The minimum atomic E-state index is -0.000901. The molecular formula is C20H27N3O3. The zero-order valence-electron chi connectivity index (χ0n) is 15.2. The Kier molecular flexibility index (Phi) is 4.96. The van der Waals surface area contributed by atoms with Gasteiger partial charge in [0.05, 0.1) is 12.1 Å². The lowest BCUT2D eigenvalue weighted by atomic mass is 9.71. The maximum atomic E-state index is 12.6. The van der Waals surface area contributed by atoms with Crippen LogP contribution in [0, 0.1) is 5.92 Å². The van der Waals surface area contributed by atoms with Crippen LogP contribution in [0.2, 0.25) is 0 Å². The van der Waals surface area contributed by atoms with E-state index in [9.17, 15) is 9.59 Å². The fourth-order valence-electron chi connectivity index (χ4n) is 4.63. The zero-order chi connectivity index (χ0) is 18.1. The number of carbonyl (C=O) groups is 2. The Balaban J connectivity index is 1.31. The summed E-state index contributed by atoms with van der Waals surface area (Å²) in [7, 11) is 0. The first-order chi connectivity index (χ1) is 12.6. The predicted octanol–water partition coefficient (Wildman–Crippen LogP) is 1.17. The summed E-state index contributed by atoms with van der Waals surface area (Å²) in [4.78, 5) is 26.0. The Bertz CT molecular complexity index is 658. The van der Waals surface area contributed by atoms with E-state index in [4.69, 9.17) is 4.74 Å². The molecule has 26 heavy (non-hydrogen) atoms. The molecule has 0 unspecified atom stereocenters. The average molecular weight is 357 g/mol. The van der Waals surface area contributed by atoms with E-state index in [1.165, 1.54) is 0 Å². The van der Waals surface area contributed by atoms with Gasteiger partial charge in [-0.1, -0.05) is 18.2 Å². The molecule has 2 amide bonds. The number of nitrogens with zero attached hydrogens (tertiary/aromatic N) is 1. The maximum Gasteiger partial charge on any atom is 0.253 e. The van der Waals surface area contributed by atoms with Gasteiger partial charge in [-0.15, -0.1) is 0 Å². The highest BCUT2D eigenvalue weighted by atomic mass is 16.5. The second-order valence-electron chi connectivity index (χ2n) is 7.64. The number of likely N-dealkylation sites (tertiary alicyclic amines) is 1. The molecule has 4 atom stereocenters. The average Bonchev–Trinajstić information content (AvgIpc) is 3.09. The minimum absolute atomic E-state index is 0.000901. The van der Waals surface area contributed by atoms with Crippen molar-refractivity contribution in [3.8, 4) is 0 Å². The number of carbonyl (C=O) groups excluding carboxylic acids is 2.